The molecule has 1 nitrogen and oxygen atoms in total. The van der Waals surface area contributed by atoms with Gasteiger partial charge in [-0.3, -0.25) is 0 Å². The van der Waals surface area contributed by atoms with Gasteiger partial charge in [-0.15, -0.1) is 6.08 Å². The summed E-state index contributed by atoms with van der Waals surface area (Å²) in [6.07, 6.45) is 6.07. The molecule has 0 aromatic heterocycles. The molecule has 0 aromatic carbocycles. The molecule has 0 bridgehead atoms. The van der Waals surface area contributed by atoms with E-state index >= 15 is 0 Å². The van der Waals surface area contributed by atoms with E-state index in [0.717, 1.165) is 23.4 Å². The molecule has 1 aliphatic rings. The van der Waals surface area contributed by atoms with Crippen molar-refractivity contribution in [2.45, 2.75) is 12.8 Å². The topological polar surface area (TPSA) is 26.0 Å². The second-order valence-electron chi connectivity index (χ2n) is 1.81. The molecule has 8 heavy (non-hydrogen) atoms. The highest BCUT2D eigenvalue weighted by Crippen LogP contribution is 2.11. The predicted octanol–water partition coefficient (Wildman–Crippen LogP) is 1.05. The van der Waals surface area contributed by atoms with Crippen molar-refractivity contribution in [3.05, 3.63) is 22.8 Å². The predicted molar refractivity (Wildman–Crippen MR) is 37.0 cm³/mol. The Kier molecular flexibility index (Phi) is 1.53. The first-order valence-corrected chi connectivity index (χ1v) is 3.04. The molecule has 0 fully saturated rings. The zero-order valence-corrected chi connectivity index (χ0v) is 5.37. The van der Waals surface area contributed by atoms with E-state index in [0.29, 0.717) is 0 Å². The lowest BCUT2D eigenvalue weighted by molar-refractivity contribution is 1.01. The second-order valence-corrected chi connectivity index (χ2v) is 2.25. The average molecular weight is 126 g/mol. The third kappa shape index (κ3) is 1.01. The van der Waals surface area contributed by atoms with Gasteiger partial charge >= 0.3 is 0 Å². The van der Waals surface area contributed by atoms with Crippen LogP contribution in [0.5, 0.6) is 0 Å². The number of hydrogen-bond acceptors (Lipinski definition) is 2. The Morgan fingerprint density at radius 3 is 2.38 bits per heavy atom. The molecule has 0 amide bonds. The number of hydrogen-bond donors (Lipinski definition) is 1. The fraction of sp³-hybridized carbons (Fsp3) is 0.333. The molecule has 1 rings (SSSR count). The molecule has 0 saturated heterocycles. The van der Waals surface area contributed by atoms with Crippen molar-refractivity contribution in [1.29, 1.82) is 0 Å². The van der Waals surface area contributed by atoms with Crippen molar-refractivity contribution >= 4 is 12.6 Å². The van der Waals surface area contributed by atoms with Crippen LogP contribution in [0.25, 0.3) is 0 Å². The van der Waals surface area contributed by atoms with E-state index in [4.69, 9.17) is 18.4 Å². The molecule has 44 valence electrons. The van der Waals surface area contributed by atoms with Crippen LogP contribution >= 0.6 is 0 Å². The summed E-state index contributed by atoms with van der Waals surface area (Å²) in [5.41, 5.74) is 6.24. The molecular formula is C6H8NS-. The van der Waals surface area contributed by atoms with Gasteiger partial charge in [-0.2, -0.15) is 4.91 Å². The van der Waals surface area contributed by atoms with Gasteiger partial charge in [0.15, 0.2) is 0 Å². The van der Waals surface area contributed by atoms with E-state index in [1.165, 1.54) is 0 Å². The monoisotopic (exact) mass is 126 g/mol. The molecular weight excluding hydrogens is 118 g/mol. The van der Waals surface area contributed by atoms with Crippen LogP contribution in [0.15, 0.2) is 22.8 Å². The lowest BCUT2D eigenvalue weighted by Gasteiger charge is -2.16. The van der Waals surface area contributed by atoms with Crippen LogP contribution < -0.4 is 5.73 Å². The quantitative estimate of drug-likeness (QED) is 0.491. The maximum atomic E-state index is 5.47. The zero-order chi connectivity index (χ0) is 5.98. The standard InChI is InChI=1S/C6H9NS/c7-5-3-1-2-4-6(5)8/h3-4,8H,1-2,7H2/p-1. The van der Waals surface area contributed by atoms with Gasteiger partial charge < -0.3 is 18.4 Å². The van der Waals surface area contributed by atoms with Gasteiger partial charge in [0.25, 0.3) is 0 Å². The molecule has 0 radical (unpaired) electrons. The Balaban J connectivity index is 2.73. The molecule has 0 saturated carbocycles. The van der Waals surface area contributed by atoms with E-state index in [2.05, 4.69) is 0 Å². The largest absolute Gasteiger partial charge is 0.778 e. The van der Waals surface area contributed by atoms with Crippen molar-refractivity contribution in [3.8, 4) is 0 Å². The van der Waals surface area contributed by atoms with Gasteiger partial charge in [-0.05, 0) is 12.8 Å². The van der Waals surface area contributed by atoms with Crippen LogP contribution in [-0.4, -0.2) is 0 Å². The molecule has 0 heterocycles. The van der Waals surface area contributed by atoms with Crippen molar-refractivity contribution in [3.63, 3.8) is 0 Å². The maximum absolute atomic E-state index is 5.47. The lowest BCUT2D eigenvalue weighted by atomic mass is 10.1. The van der Waals surface area contributed by atoms with Crippen LogP contribution in [0.4, 0.5) is 0 Å². The smallest absolute Gasteiger partial charge is 0.00756 e. The van der Waals surface area contributed by atoms with Crippen LogP contribution in [-0.2, 0) is 12.6 Å². The Morgan fingerprint density at radius 2 is 2.00 bits per heavy atom. The number of allylic oxidation sites excluding steroid dienone is 2. The summed E-state index contributed by atoms with van der Waals surface area (Å²) in [4.78, 5) is 0.816. The van der Waals surface area contributed by atoms with Gasteiger partial charge in [0.1, 0.15) is 0 Å². The molecule has 0 aromatic rings. The Morgan fingerprint density at radius 1 is 1.38 bits per heavy atom. The molecule has 2 heteroatoms. The minimum atomic E-state index is 0.770. The Labute approximate surface area is 54.7 Å². The normalized spacial score (nSPS) is 19.5. The first kappa shape index (κ1) is 5.63. The second kappa shape index (κ2) is 2.18. The van der Waals surface area contributed by atoms with Crippen molar-refractivity contribution in [2.24, 2.45) is 5.73 Å². The van der Waals surface area contributed by atoms with E-state index in [-0.39, 0.29) is 0 Å². The van der Waals surface area contributed by atoms with Crippen LogP contribution in [0, 0.1) is 0 Å². The first-order chi connectivity index (χ1) is 3.80. The summed E-state index contributed by atoms with van der Waals surface area (Å²) >= 11 is 4.88. The first-order valence-electron chi connectivity index (χ1n) is 2.64. The van der Waals surface area contributed by atoms with Crippen molar-refractivity contribution in [1.82, 2.24) is 0 Å². The summed E-state index contributed by atoms with van der Waals surface area (Å²) in [7, 11) is 0. The SMILES string of the molecule is NC1=CCCC=C1[S-]. The number of nitrogens with two attached hydrogens (primary N) is 1. The highest BCUT2D eigenvalue weighted by atomic mass is 32.1. The molecule has 0 atom stereocenters. The molecule has 2 N–H and O–H groups in total. The number of rotatable bonds is 0. The van der Waals surface area contributed by atoms with Crippen molar-refractivity contribution < 1.29 is 0 Å². The van der Waals surface area contributed by atoms with E-state index < -0.39 is 0 Å². The van der Waals surface area contributed by atoms with Gasteiger partial charge in [-0.1, -0.05) is 6.08 Å². The van der Waals surface area contributed by atoms with Crippen LogP contribution in [0.1, 0.15) is 12.8 Å². The fourth-order valence-electron chi connectivity index (χ4n) is 0.672. The lowest BCUT2D eigenvalue weighted by Crippen LogP contribution is -2.01. The maximum Gasteiger partial charge on any atom is 0.00756 e. The van der Waals surface area contributed by atoms with E-state index in [1.807, 2.05) is 12.2 Å². The summed E-state index contributed by atoms with van der Waals surface area (Å²) in [6.45, 7) is 0. The fourth-order valence-corrected chi connectivity index (χ4v) is 0.873. The van der Waals surface area contributed by atoms with Crippen LogP contribution in [0.3, 0.4) is 0 Å². The van der Waals surface area contributed by atoms with Gasteiger partial charge in [0.2, 0.25) is 0 Å². The summed E-state index contributed by atoms with van der Waals surface area (Å²) in [6, 6.07) is 0. The highest BCUT2D eigenvalue weighted by molar-refractivity contribution is 7.63. The molecule has 1 aliphatic carbocycles. The molecule has 0 unspecified atom stereocenters. The molecule has 0 spiro atoms. The minimum absolute atomic E-state index is 0.770. The van der Waals surface area contributed by atoms with Gasteiger partial charge in [0, 0.05) is 5.70 Å². The average Bonchev–Trinajstić information content (AvgIpc) is 1.77. The third-order valence-corrected chi connectivity index (χ3v) is 1.55. The minimum Gasteiger partial charge on any atom is -0.778 e. The van der Waals surface area contributed by atoms with Crippen molar-refractivity contribution in [2.75, 3.05) is 0 Å². The van der Waals surface area contributed by atoms with E-state index in [9.17, 15) is 0 Å². The zero-order valence-electron chi connectivity index (χ0n) is 4.55. The summed E-state index contributed by atoms with van der Waals surface area (Å²) < 4.78 is 0. The Hall–Kier alpha value is -0.500. The highest BCUT2D eigenvalue weighted by Gasteiger charge is 1.90. The third-order valence-electron chi connectivity index (χ3n) is 1.15. The molecule has 0 aliphatic heterocycles. The Bertz CT molecular complexity index is 129. The summed E-state index contributed by atoms with van der Waals surface area (Å²) in [5, 5.41) is 0. The van der Waals surface area contributed by atoms with Crippen LogP contribution in [0.2, 0.25) is 0 Å². The van der Waals surface area contributed by atoms with Gasteiger partial charge in [0.05, 0.1) is 0 Å². The van der Waals surface area contributed by atoms with Gasteiger partial charge in [-0.25, -0.2) is 0 Å². The summed E-state index contributed by atoms with van der Waals surface area (Å²) in [5.74, 6) is 0. The van der Waals surface area contributed by atoms with E-state index in [1.54, 1.807) is 0 Å².